The second-order valence-corrected chi connectivity index (χ2v) is 5.92. The van der Waals surface area contributed by atoms with Gasteiger partial charge >= 0.3 is 0 Å². The Morgan fingerprint density at radius 1 is 1.30 bits per heavy atom. The Morgan fingerprint density at radius 3 is 2.55 bits per heavy atom. The molecule has 0 spiro atoms. The van der Waals surface area contributed by atoms with Crippen LogP contribution in [0.2, 0.25) is 0 Å². The molecule has 1 aliphatic rings. The van der Waals surface area contributed by atoms with Crippen LogP contribution < -0.4 is 11.1 Å². The molecule has 1 aromatic carbocycles. The Balaban J connectivity index is 1.95. The van der Waals surface area contributed by atoms with E-state index in [2.05, 4.69) is 19.2 Å². The molecule has 1 aliphatic carbocycles. The van der Waals surface area contributed by atoms with Crippen LogP contribution >= 0.6 is 0 Å². The Hall–Kier alpha value is -1.35. The van der Waals surface area contributed by atoms with Crippen LogP contribution in [0, 0.1) is 11.8 Å². The molecule has 3 unspecified atom stereocenters. The van der Waals surface area contributed by atoms with Gasteiger partial charge in [-0.15, -0.1) is 0 Å². The maximum atomic E-state index is 12.3. The van der Waals surface area contributed by atoms with Gasteiger partial charge in [-0.2, -0.15) is 0 Å². The standard InChI is InChI=1S/C17H26N2O/c1-3-14-8-9-16(12(14)2)19-17(20)15-6-4-13(5-7-15)10-11-18/h4-7,12,14,16H,3,8-11,18H2,1-2H3,(H,19,20). The molecule has 0 heterocycles. The number of benzene rings is 1. The fourth-order valence-electron chi connectivity index (χ4n) is 3.27. The number of carbonyl (C=O) groups excluding carboxylic acids is 1. The highest BCUT2D eigenvalue weighted by atomic mass is 16.1. The molecule has 3 nitrogen and oxygen atoms in total. The van der Waals surface area contributed by atoms with E-state index in [1.54, 1.807) is 0 Å². The van der Waals surface area contributed by atoms with Crippen LogP contribution in [0.25, 0.3) is 0 Å². The number of carbonyl (C=O) groups is 1. The van der Waals surface area contributed by atoms with Gasteiger partial charge in [0.15, 0.2) is 0 Å². The zero-order valence-electron chi connectivity index (χ0n) is 12.6. The fraction of sp³-hybridized carbons (Fsp3) is 0.588. The van der Waals surface area contributed by atoms with Crippen molar-refractivity contribution in [1.29, 1.82) is 0 Å². The molecule has 0 saturated heterocycles. The van der Waals surface area contributed by atoms with E-state index in [4.69, 9.17) is 5.73 Å². The van der Waals surface area contributed by atoms with Crippen LogP contribution in [0.5, 0.6) is 0 Å². The zero-order valence-corrected chi connectivity index (χ0v) is 12.6. The largest absolute Gasteiger partial charge is 0.349 e. The van der Waals surface area contributed by atoms with E-state index in [9.17, 15) is 4.79 Å². The van der Waals surface area contributed by atoms with Crippen molar-refractivity contribution in [1.82, 2.24) is 5.32 Å². The summed E-state index contributed by atoms with van der Waals surface area (Å²) in [5, 5.41) is 3.20. The molecule has 1 amide bonds. The van der Waals surface area contributed by atoms with Crippen LogP contribution in [0.1, 0.15) is 49.0 Å². The molecule has 0 aliphatic heterocycles. The first-order chi connectivity index (χ1) is 9.65. The molecule has 2 rings (SSSR count). The van der Waals surface area contributed by atoms with Crippen molar-refractivity contribution in [2.24, 2.45) is 17.6 Å². The molecular weight excluding hydrogens is 248 g/mol. The van der Waals surface area contributed by atoms with Gasteiger partial charge in [0, 0.05) is 11.6 Å². The molecule has 1 aromatic rings. The Morgan fingerprint density at radius 2 is 2.00 bits per heavy atom. The minimum atomic E-state index is 0.0536. The Labute approximate surface area is 121 Å². The van der Waals surface area contributed by atoms with Crippen LogP contribution in [0.3, 0.4) is 0 Å². The average molecular weight is 274 g/mol. The summed E-state index contributed by atoms with van der Waals surface area (Å²) in [6.45, 7) is 5.14. The first kappa shape index (κ1) is 15.0. The maximum absolute atomic E-state index is 12.3. The minimum absolute atomic E-state index is 0.0536. The van der Waals surface area contributed by atoms with Crippen molar-refractivity contribution in [2.75, 3.05) is 6.54 Å². The number of rotatable bonds is 5. The molecule has 3 heteroatoms. The van der Waals surface area contributed by atoms with E-state index in [1.165, 1.54) is 18.4 Å². The van der Waals surface area contributed by atoms with Gasteiger partial charge in [-0.1, -0.05) is 32.4 Å². The van der Waals surface area contributed by atoms with Gasteiger partial charge in [0.25, 0.3) is 5.91 Å². The van der Waals surface area contributed by atoms with Gasteiger partial charge in [0.05, 0.1) is 0 Å². The Kier molecular flexibility index (Phi) is 5.18. The first-order valence-electron chi connectivity index (χ1n) is 7.75. The number of nitrogens with two attached hydrogens (primary N) is 1. The normalized spacial score (nSPS) is 25.6. The second-order valence-electron chi connectivity index (χ2n) is 5.92. The summed E-state index contributed by atoms with van der Waals surface area (Å²) in [7, 11) is 0. The van der Waals surface area contributed by atoms with Crippen molar-refractivity contribution >= 4 is 5.91 Å². The van der Waals surface area contributed by atoms with Crippen molar-refractivity contribution in [3.8, 4) is 0 Å². The van der Waals surface area contributed by atoms with Crippen LogP contribution in [-0.2, 0) is 6.42 Å². The number of hydrogen-bond donors (Lipinski definition) is 2. The van der Waals surface area contributed by atoms with Gasteiger partial charge in [0.1, 0.15) is 0 Å². The van der Waals surface area contributed by atoms with Gasteiger partial charge < -0.3 is 11.1 Å². The number of hydrogen-bond acceptors (Lipinski definition) is 2. The number of nitrogens with one attached hydrogen (secondary N) is 1. The summed E-state index contributed by atoms with van der Waals surface area (Å²) in [5.74, 6) is 1.39. The van der Waals surface area contributed by atoms with Crippen molar-refractivity contribution in [3.05, 3.63) is 35.4 Å². The van der Waals surface area contributed by atoms with E-state index < -0.39 is 0 Å². The van der Waals surface area contributed by atoms with Crippen molar-refractivity contribution < 1.29 is 4.79 Å². The predicted molar refractivity (Wildman–Crippen MR) is 82.6 cm³/mol. The molecule has 1 saturated carbocycles. The smallest absolute Gasteiger partial charge is 0.251 e. The molecule has 0 radical (unpaired) electrons. The van der Waals surface area contributed by atoms with E-state index in [0.29, 0.717) is 18.5 Å². The lowest BCUT2D eigenvalue weighted by Crippen LogP contribution is -2.37. The SMILES string of the molecule is CCC1CCC(NC(=O)c2ccc(CCN)cc2)C1C. The lowest BCUT2D eigenvalue weighted by molar-refractivity contribution is 0.0926. The topological polar surface area (TPSA) is 55.1 Å². The molecule has 0 aromatic heterocycles. The minimum Gasteiger partial charge on any atom is -0.349 e. The lowest BCUT2D eigenvalue weighted by atomic mass is 9.93. The monoisotopic (exact) mass is 274 g/mol. The highest BCUT2D eigenvalue weighted by Crippen LogP contribution is 2.33. The maximum Gasteiger partial charge on any atom is 0.251 e. The van der Waals surface area contributed by atoms with Crippen LogP contribution in [0.15, 0.2) is 24.3 Å². The molecule has 110 valence electrons. The lowest BCUT2D eigenvalue weighted by Gasteiger charge is -2.21. The highest BCUT2D eigenvalue weighted by molar-refractivity contribution is 5.94. The zero-order chi connectivity index (χ0) is 14.5. The summed E-state index contributed by atoms with van der Waals surface area (Å²) >= 11 is 0. The van der Waals surface area contributed by atoms with Crippen molar-refractivity contribution in [3.63, 3.8) is 0 Å². The summed E-state index contributed by atoms with van der Waals surface area (Å²) in [5.41, 5.74) is 7.46. The second kappa shape index (κ2) is 6.89. The van der Waals surface area contributed by atoms with Crippen LogP contribution in [-0.4, -0.2) is 18.5 Å². The molecule has 3 atom stereocenters. The van der Waals surface area contributed by atoms with Gasteiger partial charge in [-0.25, -0.2) is 0 Å². The highest BCUT2D eigenvalue weighted by Gasteiger charge is 2.32. The molecule has 3 N–H and O–H groups in total. The average Bonchev–Trinajstić information content (AvgIpc) is 2.80. The molecular formula is C17H26N2O. The summed E-state index contributed by atoms with van der Waals surface area (Å²) in [6.07, 6.45) is 4.41. The third-order valence-corrected chi connectivity index (χ3v) is 4.72. The fourth-order valence-corrected chi connectivity index (χ4v) is 3.27. The first-order valence-corrected chi connectivity index (χ1v) is 7.75. The quantitative estimate of drug-likeness (QED) is 0.867. The predicted octanol–water partition coefficient (Wildman–Crippen LogP) is 2.74. The molecule has 0 bridgehead atoms. The summed E-state index contributed by atoms with van der Waals surface area (Å²) < 4.78 is 0. The molecule has 20 heavy (non-hydrogen) atoms. The van der Waals surface area contributed by atoms with E-state index in [1.807, 2.05) is 24.3 Å². The van der Waals surface area contributed by atoms with Crippen molar-refractivity contribution in [2.45, 2.75) is 45.6 Å². The van der Waals surface area contributed by atoms with Gasteiger partial charge in [0.2, 0.25) is 0 Å². The van der Waals surface area contributed by atoms with Gasteiger partial charge in [-0.3, -0.25) is 4.79 Å². The third kappa shape index (κ3) is 3.40. The number of amides is 1. The molecule has 1 fully saturated rings. The van der Waals surface area contributed by atoms with Gasteiger partial charge in [-0.05, 0) is 55.3 Å². The third-order valence-electron chi connectivity index (χ3n) is 4.72. The summed E-state index contributed by atoms with van der Waals surface area (Å²) in [4.78, 5) is 12.3. The van der Waals surface area contributed by atoms with Crippen LogP contribution in [0.4, 0.5) is 0 Å². The van der Waals surface area contributed by atoms with E-state index in [0.717, 1.165) is 24.3 Å². The van der Waals surface area contributed by atoms with E-state index in [-0.39, 0.29) is 5.91 Å². The Bertz CT molecular complexity index is 441. The summed E-state index contributed by atoms with van der Waals surface area (Å²) in [6, 6.07) is 8.12. The van der Waals surface area contributed by atoms with E-state index >= 15 is 0 Å².